The summed E-state index contributed by atoms with van der Waals surface area (Å²) in [4.78, 5) is 29.8. The Morgan fingerprint density at radius 3 is 2.75 bits per heavy atom. The van der Waals surface area contributed by atoms with Gasteiger partial charge in [0.05, 0.1) is 17.0 Å². The summed E-state index contributed by atoms with van der Waals surface area (Å²) in [5.41, 5.74) is -0.744. The molecule has 1 spiro atoms. The number of ether oxygens (including phenoxy) is 1. The van der Waals surface area contributed by atoms with E-state index in [4.69, 9.17) is 21.5 Å². The van der Waals surface area contributed by atoms with Crippen LogP contribution in [0.2, 0.25) is 5.02 Å². The predicted molar refractivity (Wildman–Crippen MR) is 81.5 cm³/mol. The van der Waals surface area contributed by atoms with Crippen molar-refractivity contribution in [1.29, 1.82) is 0 Å². The van der Waals surface area contributed by atoms with Crippen molar-refractivity contribution < 1.29 is 28.7 Å². The fourth-order valence-corrected chi connectivity index (χ4v) is 3.04. The molecule has 0 aliphatic carbocycles. The van der Waals surface area contributed by atoms with E-state index in [1.807, 2.05) is 0 Å². The summed E-state index contributed by atoms with van der Waals surface area (Å²) in [6.45, 7) is 0.668. The van der Waals surface area contributed by atoms with Crippen LogP contribution in [-0.4, -0.2) is 46.7 Å². The van der Waals surface area contributed by atoms with Crippen LogP contribution in [-0.2, 0) is 9.57 Å². The van der Waals surface area contributed by atoms with E-state index in [1.165, 1.54) is 23.1 Å². The van der Waals surface area contributed by atoms with Crippen LogP contribution in [0.3, 0.4) is 0 Å². The van der Waals surface area contributed by atoms with Crippen LogP contribution < -0.4 is 0 Å². The standard InChI is InChI=1S/C15H14ClFN2O5/c16-10-3-1-2-9(12(10)17)13(20)19-6-4-15(5-7-19)8-11(18-24-15)23-14(21)22/h1-3H,4-8H2,(H,21,22). The number of carboxylic acid groups (broad SMARTS) is 1. The molecule has 7 nitrogen and oxygen atoms in total. The molecule has 1 amide bonds. The van der Waals surface area contributed by atoms with E-state index in [-0.39, 0.29) is 22.9 Å². The maximum atomic E-state index is 14.0. The smallest absolute Gasteiger partial charge is 0.449 e. The minimum absolute atomic E-state index is 0.00293. The molecule has 1 N–H and O–H groups in total. The van der Waals surface area contributed by atoms with Crippen molar-refractivity contribution in [3.8, 4) is 0 Å². The quantitative estimate of drug-likeness (QED) is 0.781. The van der Waals surface area contributed by atoms with Gasteiger partial charge in [0.1, 0.15) is 5.60 Å². The lowest BCUT2D eigenvalue weighted by Crippen LogP contribution is -2.47. The van der Waals surface area contributed by atoms with Crippen LogP contribution in [0.25, 0.3) is 0 Å². The first-order chi connectivity index (χ1) is 11.4. The Kier molecular flexibility index (Phi) is 4.31. The monoisotopic (exact) mass is 356 g/mol. The Morgan fingerprint density at radius 1 is 1.38 bits per heavy atom. The Morgan fingerprint density at radius 2 is 2.08 bits per heavy atom. The van der Waals surface area contributed by atoms with Crippen LogP contribution in [0.4, 0.5) is 9.18 Å². The molecule has 2 aliphatic heterocycles. The molecule has 0 unspecified atom stereocenters. The minimum Gasteiger partial charge on any atom is -0.449 e. The molecule has 0 radical (unpaired) electrons. The number of carbonyl (C=O) groups excluding carboxylic acids is 1. The van der Waals surface area contributed by atoms with Gasteiger partial charge in [-0.15, -0.1) is 0 Å². The first-order valence-corrected chi connectivity index (χ1v) is 7.67. The van der Waals surface area contributed by atoms with Gasteiger partial charge in [-0.05, 0) is 12.1 Å². The molecule has 1 aromatic rings. The van der Waals surface area contributed by atoms with Gasteiger partial charge in [-0.2, -0.15) is 0 Å². The molecule has 0 aromatic heterocycles. The summed E-state index contributed by atoms with van der Waals surface area (Å²) in [6.07, 6.45) is -0.334. The van der Waals surface area contributed by atoms with Crippen molar-refractivity contribution in [1.82, 2.24) is 4.90 Å². The van der Waals surface area contributed by atoms with E-state index in [9.17, 15) is 14.0 Å². The van der Waals surface area contributed by atoms with Crippen molar-refractivity contribution in [3.63, 3.8) is 0 Å². The zero-order valence-corrected chi connectivity index (χ0v) is 13.3. The number of benzene rings is 1. The van der Waals surface area contributed by atoms with Gasteiger partial charge in [0.15, 0.2) is 5.82 Å². The molecule has 1 fully saturated rings. The van der Waals surface area contributed by atoms with E-state index in [1.54, 1.807) is 0 Å². The van der Waals surface area contributed by atoms with Crippen LogP contribution in [0, 0.1) is 5.82 Å². The number of likely N-dealkylation sites (tertiary alicyclic amines) is 1. The normalized spacial score (nSPS) is 18.9. The lowest BCUT2D eigenvalue weighted by Gasteiger charge is -2.37. The molecule has 0 saturated carbocycles. The summed E-state index contributed by atoms with van der Waals surface area (Å²) >= 11 is 5.71. The van der Waals surface area contributed by atoms with Gasteiger partial charge in [0.25, 0.3) is 5.91 Å². The number of halogens is 2. The zero-order valence-electron chi connectivity index (χ0n) is 12.5. The highest BCUT2D eigenvalue weighted by atomic mass is 35.5. The molecule has 9 heteroatoms. The highest BCUT2D eigenvalue weighted by Gasteiger charge is 2.44. The second-order valence-corrected chi connectivity index (χ2v) is 6.10. The predicted octanol–water partition coefficient (Wildman–Crippen LogP) is 2.88. The molecule has 3 rings (SSSR count). The number of hydrogen-bond acceptors (Lipinski definition) is 5. The van der Waals surface area contributed by atoms with Crippen LogP contribution >= 0.6 is 11.6 Å². The van der Waals surface area contributed by atoms with E-state index >= 15 is 0 Å². The minimum atomic E-state index is -1.45. The maximum absolute atomic E-state index is 14.0. The van der Waals surface area contributed by atoms with Crippen LogP contribution in [0.15, 0.2) is 23.4 Å². The fraction of sp³-hybridized carbons (Fsp3) is 0.400. The summed E-state index contributed by atoms with van der Waals surface area (Å²) in [5.74, 6) is -1.17. The number of oxime groups is 1. The first-order valence-electron chi connectivity index (χ1n) is 7.29. The summed E-state index contributed by atoms with van der Waals surface area (Å²) in [7, 11) is 0. The van der Waals surface area contributed by atoms with E-state index in [0.29, 0.717) is 25.9 Å². The van der Waals surface area contributed by atoms with Gasteiger partial charge < -0.3 is 19.6 Å². The van der Waals surface area contributed by atoms with E-state index in [2.05, 4.69) is 9.89 Å². The van der Waals surface area contributed by atoms with Crippen molar-refractivity contribution >= 4 is 29.6 Å². The zero-order chi connectivity index (χ0) is 17.3. The number of amides is 1. The Balaban J connectivity index is 1.63. The molecular weight excluding hydrogens is 343 g/mol. The molecule has 0 atom stereocenters. The third-order valence-electron chi connectivity index (χ3n) is 4.16. The number of piperidine rings is 1. The molecule has 24 heavy (non-hydrogen) atoms. The van der Waals surface area contributed by atoms with Crippen molar-refractivity contribution in [2.75, 3.05) is 13.1 Å². The first kappa shape index (κ1) is 16.5. The van der Waals surface area contributed by atoms with Gasteiger partial charge in [0, 0.05) is 25.9 Å². The number of hydrogen-bond donors (Lipinski definition) is 1. The Hall–Kier alpha value is -2.35. The Bertz CT molecular complexity index is 716. The third kappa shape index (κ3) is 3.14. The SMILES string of the molecule is O=C(O)OC1=NOC2(CCN(C(=O)c3cccc(Cl)c3F)CC2)C1. The average Bonchev–Trinajstić information content (AvgIpc) is 2.92. The van der Waals surface area contributed by atoms with Crippen LogP contribution in [0.1, 0.15) is 29.6 Å². The maximum Gasteiger partial charge on any atom is 0.512 e. The second kappa shape index (κ2) is 6.27. The highest BCUT2D eigenvalue weighted by molar-refractivity contribution is 6.31. The second-order valence-electron chi connectivity index (χ2n) is 5.70. The number of rotatable bonds is 1. The average molecular weight is 357 g/mol. The van der Waals surface area contributed by atoms with Gasteiger partial charge >= 0.3 is 6.16 Å². The third-order valence-corrected chi connectivity index (χ3v) is 4.46. The van der Waals surface area contributed by atoms with Gasteiger partial charge in [-0.1, -0.05) is 22.8 Å². The number of carbonyl (C=O) groups is 2. The molecule has 2 aliphatic rings. The lowest BCUT2D eigenvalue weighted by atomic mass is 9.88. The molecule has 1 aromatic carbocycles. The fourth-order valence-electron chi connectivity index (χ4n) is 2.87. The van der Waals surface area contributed by atoms with Gasteiger partial charge in [-0.25, -0.2) is 9.18 Å². The molecular formula is C15H14ClFN2O5. The highest BCUT2D eigenvalue weighted by Crippen LogP contribution is 2.35. The summed E-state index contributed by atoms with van der Waals surface area (Å²) in [5, 5.41) is 12.1. The molecule has 2 heterocycles. The van der Waals surface area contributed by atoms with Crippen molar-refractivity contribution in [3.05, 3.63) is 34.6 Å². The molecule has 0 bridgehead atoms. The number of nitrogens with zero attached hydrogens (tertiary/aromatic N) is 2. The van der Waals surface area contributed by atoms with Crippen molar-refractivity contribution in [2.45, 2.75) is 24.9 Å². The van der Waals surface area contributed by atoms with Gasteiger partial charge in [0.2, 0.25) is 5.90 Å². The van der Waals surface area contributed by atoms with Gasteiger partial charge in [-0.3, -0.25) is 4.79 Å². The summed E-state index contributed by atoms with van der Waals surface area (Å²) in [6, 6.07) is 4.29. The van der Waals surface area contributed by atoms with E-state index in [0.717, 1.165) is 0 Å². The molecule has 128 valence electrons. The largest absolute Gasteiger partial charge is 0.512 e. The molecule has 1 saturated heterocycles. The van der Waals surface area contributed by atoms with Crippen LogP contribution in [0.5, 0.6) is 0 Å². The lowest BCUT2D eigenvalue weighted by molar-refractivity contribution is -0.0568. The topological polar surface area (TPSA) is 88.4 Å². The van der Waals surface area contributed by atoms with E-state index < -0.39 is 23.5 Å². The summed E-state index contributed by atoms with van der Waals surface area (Å²) < 4.78 is 18.5. The Labute approximate surface area is 141 Å². The van der Waals surface area contributed by atoms with Crippen molar-refractivity contribution in [2.24, 2.45) is 5.16 Å².